The van der Waals surface area contributed by atoms with Crippen molar-refractivity contribution in [1.29, 1.82) is 0 Å². The van der Waals surface area contributed by atoms with Gasteiger partial charge in [0.25, 0.3) is 11.8 Å². The van der Waals surface area contributed by atoms with E-state index < -0.39 is 30.3 Å². The van der Waals surface area contributed by atoms with E-state index in [9.17, 15) is 19.2 Å². The zero-order valence-electron chi connectivity index (χ0n) is 15.7. The molecule has 9 heteroatoms. The lowest BCUT2D eigenvalue weighted by atomic mass is 10.2. The van der Waals surface area contributed by atoms with Crippen LogP contribution in [0.3, 0.4) is 0 Å². The van der Waals surface area contributed by atoms with Gasteiger partial charge in [-0.15, -0.1) is 0 Å². The quantitative estimate of drug-likeness (QED) is 0.472. The summed E-state index contributed by atoms with van der Waals surface area (Å²) in [5, 5.41) is 2.87. The molecule has 3 N–H and O–H groups in total. The van der Waals surface area contributed by atoms with Gasteiger partial charge in [-0.3, -0.25) is 30.0 Å². The molecule has 0 saturated carbocycles. The maximum atomic E-state index is 11.9. The molecule has 0 spiro atoms. The van der Waals surface area contributed by atoms with Crippen molar-refractivity contribution in [3.05, 3.63) is 64.7 Å². The van der Waals surface area contributed by atoms with E-state index in [1.165, 1.54) is 6.07 Å². The van der Waals surface area contributed by atoms with Crippen molar-refractivity contribution >= 4 is 41.0 Å². The summed E-state index contributed by atoms with van der Waals surface area (Å²) < 4.78 is 4.84. The zero-order chi connectivity index (χ0) is 21.2. The van der Waals surface area contributed by atoms with E-state index in [0.717, 1.165) is 5.56 Å². The summed E-state index contributed by atoms with van der Waals surface area (Å²) >= 11 is 5.89. The predicted molar refractivity (Wildman–Crippen MR) is 107 cm³/mol. The number of benzene rings is 2. The molecule has 0 aromatic heterocycles. The molecule has 0 saturated heterocycles. The summed E-state index contributed by atoms with van der Waals surface area (Å²) in [6, 6.07) is 13.5. The first-order valence-electron chi connectivity index (χ1n) is 8.71. The van der Waals surface area contributed by atoms with Crippen LogP contribution < -0.4 is 16.2 Å². The number of hydrazine groups is 1. The fourth-order valence-electron chi connectivity index (χ4n) is 2.23. The highest BCUT2D eigenvalue weighted by Gasteiger charge is 2.13. The smallest absolute Gasteiger partial charge is 0.306 e. The van der Waals surface area contributed by atoms with Crippen LogP contribution in [-0.2, 0) is 19.1 Å². The molecule has 0 fully saturated rings. The lowest BCUT2D eigenvalue weighted by Gasteiger charge is -2.09. The third-order valence-corrected chi connectivity index (χ3v) is 4.10. The van der Waals surface area contributed by atoms with Gasteiger partial charge in [-0.2, -0.15) is 0 Å². The molecule has 2 aromatic carbocycles. The number of hydrogen-bond donors (Lipinski definition) is 3. The van der Waals surface area contributed by atoms with Crippen LogP contribution in [0, 0.1) is 6.92 Å². The van der Waals surface area contributed by atoms with Crippen LogP contribution in [0.2, 0.25) is 5.02 Å². The Morgan fingerprint density at radius 2 is 1.59 bits per heavy atom. The number of aryl methyl sites for hydroxylation is 1. The number of ether oxygens (including phenoxy) is 1. The second kappa shape index (κ2) is 10.8. The Balaban J connectivity index is 1.66. The minimum atomic E-state index is -0.711. The molecule has 0 atom stereocenters. The first-order chi connectivity index (χ1) is 13.9. The molecule has 0 aliphatic heterocycles. The van der Waals surface area contributed by atoms with E-state index in [2.05, 4.69) is 16.2 Å². The molecule has 152 valence electrons. The van der Waals surface area contributed by atoms with Gasteiger partial charge in [-0.25, -0.2) is 0 Å². The molecule has 3 amide bonds. The normalized spacial score (nSPS) is 10.0. The zero-order valence-corrected chi connectivity index (χ0v) is 16.4. The highest BCUT2D eigenvalue weighted by Crippen LogP contribution is 2.14. The fraction of sp³-hybridized carbons (Fsp3) is 0.200. The van der Waals surface area contributed by atoms with Crippen molar-refractivity contribution < 1.29 is 23.9 Å². The largest absolute Gasteiger partial charge is 0.456 e. The number of nitrogens with one attached hydrogen (secondary N) is 3. The molecular formula is C20H20ClN3O5. The predicted octanol–water partition coefficient (Wildman–Crippen LogP) is 2.37. The lowest BCUT2D eigenvalue weighted by molar-refractivity contribution is -0.148. The fourth-order valence-corrected chi connectivity index (χ4v) is 2.46. The van der Waals surface area contributed by atoms with Crippen molar-refractivity contribution in [3.63, 3.8) is 0 Å². The lowest BCUT2D eigenvalue weighted by Crippen LogP contribution is -2.41. The molecule has 29 heavy (non-hydrogen) atoms. The van der Waals surface area contributed by atoms with Crippen molar-refractivity contribution in [2.24, 2.45) is 0 Å². The highest BCUT2D eigenvalue weighted by atomic mass is 35.5. The topological polar surface area (TPSA) is 114 Å². The first-order valence-corrected chi connectivity index (χ1v) is 9.09. The number of para-hydroxylation sites is 1. The SMILES string of the molecule is Cc1ccccc1NC(=O)COC(=O)CCC(=O)NNC(=O)c1ccccc1Cl. The number of rotatable bonds is 7. The van der Waals surface area contributed by atoms with Crippen molar-refractivity contribution in [1.82, 2.24) is 10.9 Å². The summed E-state index contributed by atoms with van der Waals surface area (Å²) in [6.45, 7) is 1.38. The minimum Gasteiger partial charge on any atom is -0.456 e. The summed E-state index contributed by atoms with van der Waals surface area (Å²) in [7, 11) is 0. The number of carbonyl (C=O) groups excluding carboxylic acids is 4. The highest BCUT2D eigenvalue weighted by molar-refractivity contribution is 6.33. The van der Waals surface area contributed by atoms with Gasteiger partial charge >= 0.3 is 5.97 Å². The summed E-state index contributed by atoms with van der Waals surface area (Å²) in [6.07, 6.45) is -0.466. The van der Waals surface area contributed by atoms with Crippen LogP contribution in [-0.4, -0.2) is 30.3 Å². The molecular weight excluding hydrogens is 398 g/mol. The molecule has 0 unspecified atom stereocenters. The third-order valence-electron chi connectivity index (χ3n) is 3.77. The van der Waals surface area contributed by atoms with E-state index in [1.807, 2.05) is 19.1 Å². The Kier molecular flexibility index (Phi) is 8.17. The Morgan fingerprint density at radius 1 is 0.897 bits per heavy atom. The molecule has 0 radical (unpaired) electrons. The van der Waals surface area contributed by atoms with Crippen LogP contribution in [0.1, 0.15) is 28.8 Å². The van der Waals surface area contributed by atoms with Gasteiger partial charge in [-0.05, 0) is 30.7 Å². The Morgan fingerprint density at radius 3 is 2.31 bits per heavy atom. The molecule has 0 heterocycles. The average molecular weight is 418 g/mol. The molecule has 2 rings (SSSR count). The van der Waals surface area contributed by atoms with E-state index in [-0.39, 0.29) is 23.4 Å². The maximum absolute atomic E-state index is 11.9. The van der Waals surface area contributed by atoms with Crippen LogP contribution in [0.15, 0.2) is 48.5 Å². The van der Waals surface area contributed by atoms with Crippen LogP contribution in [0.25, 0.3) is 0 Å². The number of halogens is 1. The third kappa shape index (κ3) is 7.27. The number of amides is 3. The van der Waals surface area contributed by atoms with E-state index >= 15 is 0 Å². The van der Waals surface area contributed by atoms with Gasteiger partial charge in [0.2, 0.25) is 5.91 Å². The van der Waals surface area contributed by atoms with Gasteiger partial charge in [0.15, 0.2) is 6.61 Å². The molecule has 0 aliphatic rings. The van der Waals surface area contributed by atoms with Gasteiger partial charge in [0, 0.05) is 12.1 Å². The minimum absolute atomic E-state index is 0.202. The standard InChI is InChI=1S/C20H20ClN3O5/c1-13-6-2-5-9-16(13)22-18(26)12-29-19(27)11-10-17(25)23-24-20(28)14-7-3-4-8-15(14)21/h2-9H,10-12H2,1H3,(H,22,26)(H,23,25)(H,24,28). The summed E-state index contributed by atoms with van der Waals surface area (Å²) in [5.74, 6) is -2.37. The number of carbonyl (C=O) groups is 4. The summed E-state index contributed by atoms with van der Waals surface area (Å²) in [4.78, 5) is 47.2. The van der Waals surface area contributed by atoms with Crippen molar-refractivity contribution in [2.75, 3.05) is 11.9 Å². The molecule has 2 aromatic rings. The second-order valence-electron chi connectivity index (χ2n) is 6.01. The Hall–Kier alpha value is -3.39. The summed E-state index contributed by atoms with van der Waals surface area (Å²) in [5.41, 5.74) is 6.10. The molecule has 8 nitrogen and oxygen atoms in total. The van der Waals surface area contributed by atoms with Crippen LogP contribution in [0.4, 0.5) is 5.69 Å². The first kappa shape index (κ1) is 21.9. The van der Waals surface area contributed by atoms with E-state index in [0.29, 0.717) is 5.69 Å². The van der Waals surface area contributed by atoms with Gasteiger partial charge in [-0.1, -0.05) is 41.9 Å². The van der Waals surface area contributed by atoms with Gasteiger partial charge in [0.05, 0.1) is 17.0 Å². The number of hydrogen-bond acceptors (Lipinski definition) is 5. The Labute approximate surface area is 172 Å². The van der Waals surface area contributed by atoms with Crippen molar-refractivity contribution in [3.8, 4) is 0 Å². The Bertz CT molecular complexity index is 916. The maximum Gasteiger partial charge on any atom is 0.306 e. The van der Waals surface area contributed by atoms with Gasteiger partial charge < -0.3 is 10.1 Å². The van der Waals surface area contributed by atoms with Crippen LogP contribution >= 0.6 is 11.6 Å². The average Bonchev–Trinajstić information content (AvgIpc) is 2.71. The van der Waals surface area contributed by atoms with E-state index in [4.69, 9.17) is 16.3 Å². The monoisotopic (exact) mass is 417 g/mol. The molecule has 0 aliphatic carbocycles. The van der Waals surface area contributed by atoms with Crippen molar-refractivity contribution in [2.45, 2.75) is 19.8 Å². The second-order valence-corrected chi connectivity index (χ2v) is 6.41. The van der Waals surface area contributed by atoms with E-state index in [1.54, 1.807) is 30.3 Å². The molecule has 0 bridgehead atoms. The van der Waals surface area contributed by atoms with Crippen LogP contribution in [0.5, 0.6) is 0 Å². The number of anilines is 1. The van der Waals surface area contributed by atoms with Gasteiger partial charge in [0.1, 0.15) is 0 Å². The number of esters is 1.